The van der Waals surface area contributed by atoms with Crippen molar-refractivity contribution in [3.8, 4) is 28.4 Å². The zero-order valence-electron chi connectivity index (χ0n) is 24.2. The summed E-state index contributed by atoms with van der Waals surface area (Å²) < 4.78 is 17.4. The van der Waals surface area contributed by atoms with Gasteiger partial charge in [-0.2, -0.15) is 4.98 Å². The molecule has 0 atom stereocenters. The van der Waals surface area contributed by atoms with Crippen LogP contribution in [-0.4, -0.2) is 54.8 Å². The van der Waals surface area contributed by atoms with Crippen molar-refractivity contribution in [1.82, 2.24) is 14.9 Å². The molecule has 0 unspecified atom stereocenters. The fourth-order valence-corrected chi connectivity index (χ4v) is 4.19. The number of hydrogen-bond acceptors (Lipinski definition) is 8. The Kier molecular flexibility index (Phi) is 10.1. The number of amides is 1. The van der Waals surface area contributed by atoms with Gasteiger partial charge in [-0.15, -0.1) is 0 Å². The van der Waals surface area contributed by atoms with Crippen molar-refractivity contribution in [1.29, 1.82) is 0 Å². The van der Waals surface area contributed by atoms with Crippen LogP contribution < -0.4 is 24.8 Å². The van der Waals surface area contributed by atoms with Crippen LogP contribution >= 0.6 is 0 Å². The highest BCUT2D eigenvalue weighted by Gasteiger charge is 2.19. The van der Waals surface area contributed by atoms with Gasteiger partial charge in [-0.05, 0) is 94.4 Å². The Morgan fingerprint density at radius 1 is 0.927 bits per heavy atom. The van der Waals surface area contributed by atoms with Crippen LogP contribution in [0, 0.1) is 13.8 Å². The summed E-state index contributed by atoms with van der Waals surface area (Å²) in [6.07, 6.45) is 1.82. The molecule has 1 aromatic heterocycles. The van der Waals surface area contributed by atoms with Gasteiger partial charge >= 0.3 is 6.09 Å². The van der Waals surface area contributed by atoms with Crippen molar-refractivity contribution < 1.29 is 19.0 Å². The van der Waals surface area contributed by atoms with E-state index in [4.69, 9.17) is 14.2 Å². The molecule has 214 valence electrons. The first-order chi connectivity index (χ1) is 19.8. The number of para-hydroxylation sites is 1. The van der Waals surface area contributed by atoms with E-state index < -0.39 is 6.09 Å². The molecule has 4 aromatic rings. The van der Waals surface area contributed by atoms with Crippen LogP contribution in [0.25, 0.3) is 11.1 Å². The summed E-state index contributed by atoms with van der Waals surface area (Å²) in [4.78, 5) is 23.8. The summed E-state index contributed by atoms with van der Waals surface area (Å²) >= 11 is 0. The number of nitrogens with zero attached hydrogens (tertiary/aromatic N) is 3. The third kappa shape index (κ3) is 8.18. The second kappa shape index (κ2) is 14.1. The topological polar surface area (TPSA) is 97.8 Å². The number of aryl methyl sites for hydroxylation is 1. The summed E-state index contributed by atoms with van der Waals surface area (Å²) in [5, 5.41) is 5.85. The zero-order chi connectivity index (χ0) is 29.2. The lowest BCUT2D eigenvalue weighted by Crippen LogP contribution is -2.19. The van der Waals surface area contributed by atoms with E-state index in [1.807, 2.05) is 76.5 Å². The smallest absolute Gasteiger partial charge is 0.418 e. The summed E-state index contributed by atoms with van der Waals surface area (Å²) in [7, 11) is 4.08. The minimum absolute atomic E-state index is 0.288. The van der Waals surface area contributed by atoms with Crippen LogP contribution in [0.4, 0.5) is 22.2 Å². The highest BCUT2D eigenvalue weighted by atomic mass is 16.6. The van der Waals surface area contributed by atoms with Crippen molar-refractivity contribution in [2.24, 2.45) is 0 Å². The van der Waals surface area contributed by atoms with Gasteiger partial charge in [0.2, 0.25) is 5.95 Å². The SMILES string of the molecule is CCOc1cccc(-c2cccc(C)c2C)c1OC(=O)Nc1ccnc(Nc2ccc(OCCCN(C)C)cc2)n1. The number of carbonyl (C=O) groups excluding carboxylic acids is 1. The van der Waals surface area contributed by atoms with Crippen molar-refractivity contribution in [2.45, 2.75) is 27.2 Å². The minimum Gasteiger partial charge on any atom is -0.494 e. The molecule has 1 heterocycles. The van der Waals surface area contributed by atoms with Crippen molar-refractivity contribution in [2.75, 3.05) is 44.5 Å². The second-order valence-corrected chi connectivity index (χ2v) is 9.75. The number of nitrogens with one attached hydrogen (secondary N) is 2. The van der Waals surface area contributed by atoms with Crippen molar-refractivity contribution in [3.05, 3.63) is 84.1 Å². The van der Waals surface area contributed by atoms with Crippen LogP contribution in [-0.2, 0) is 0 Å². The molecule has 0 fully saturated rings. The van der Waals surface area contributed by atoms with Crippen LogP contribution in [0.15, 0.2) is 72.9 Å². The third-order valence-corrected chi connectivity index (χ3v) is 6.38. The molecule has 0 spiro atoms. The highest BCUT2D eigenvalue weighted by Crippen LogP contribution is 2.40. The summed E-state index contributed by atoms with van der Waals surface area (Å²) in [6.45, 7) is 8.04. The molecule has 0 aliphatic heterocycles. The van der Waals surface area contributed by atoms with E-state index >= 15 is 0 Å². The molecule has 9 nitrogen and oxygen atoms in total. The maximum atomic E-state index is 13.0. The van der Waals surface area contributed by atoms with Crippen molar-refractivity contribution >= 4 is 23.5 Å². The van der Waals surface area contributed by atoms with Gasteiger partial charge in [0, 0.05) is 24.0 Å². The van der Waals surface area contributed by atoms with Gasteiger partial charge in [-0.25, -0.2) is 9.78 Å². The van der Waals surface area contributed by atoms with E-state index in [2.05, 4.69) is 38.5 Å². The lowest BCUT2D eigenvalue weighted by Gasteiger charge is -2.17. The fraction of sp³-hybridized carbons (Fsp3) is 0.281. The van der Waals surface area contributed by atoms with Crippen LogP contribution in [0.3, 0.4) is 0 Å². The number of ether oxygens (including phenoxy) is 3. The predicted octanol–water partition coefficient (Wildman–Crippen LogP) is 6.84. The molecule has 0 saturated carbocycles. The molecule has 0 saturated heterocycles. The number of carbonyl (C=O) groups is 1. The first kappa shape index (κ1) is 29.4. The standard InChI is InChI=1S/C32H37N5O4/c1-6-39-28-13-8-12-27(26-11-7-10-22(2)23(26)3)30(28)41-32(38)36-29-18-19-33-31(35-29)34-24-14-16-25(17-15-24)40-21-9-20-37(4)5/h7-8,10-19H,6,9,20-21H2,1-5H3,(H2,33,34,35,36,38). The largest absolute Gasteiger partial charge is 0.494 e. The predicted molar refractivity (Wildman–Crippen MR) is 163 cm³/mol. The van der Waals surface area contributed by atoms with E-state index in [0.29, 0.717) is 30.7 Å². The quantitative estimate of drug-likeness (QED) is 0.183. The molecule has 4 rings (SSSR count). The number of anilines is 3. The number of hydrogen-bond donors (Lipinski definition) is 2. The monoisotopic (exact) mass is 555 g/mol. The van der Waals surface area contributed by atoms with Gasteiger partial charge in [-0.1, -0.05) is 30.3 Å². The highest BCUT2D eigenvalue weighted by molar-refractivity contribution is 5.88. The average Bonchev–Trinajstić information content (AvgIpc) is 2.95. The zero-order valence-corrected chi connectivity index (χ0v) is 24.2. The normalized spacial score (nSPS) is 10.8. The average molecular weight is 556 g/mol. The molecular weight excluding hydrogens is 518 g/mol. The summed E-state index contributed by atoms with van der Waals surface area (Å²) in [5.74, 6) is 2.23. The van der Waals surface area contributed by atoms with Crippen LogP contribution in [0.5, 0.6) is 17.2 Å². The summed E-state index contributed by atoms with van der Waals surface area (Å²) in [5.41, 5.74) is 4.76. The van der Waals surface area contributed by atoms with Gasteiger partial charge < -0.3 is 24.4 Å². The van der Waals surface area contributed by atoms with Gasteiger partial charge in [0.25, 0.3) is 0 Å². The van der Waals surface area contributed by atoms with Crippen molar-refractivity contribution in [3.63, 3.8) is 0 Å². The van der Waals surface area contributed by atoms with Gasteiger partial charge in [-0.3, -0.25) is 5.32 Å². The Balaban J connectivity index is 1.44. The van der Waals surface area contributed by atoms with Crippen LogP contribution in [0.1, 0.15) is 24.5 Å². The Morgan fingerprint density at radius 3 is 2.44 bits per heavy atom. The third-order valence-electron chi connectivity index (χ3n) is 6.38. The first-order valence-electron chi connectivity index (χ1n) is 13.6. The van der Waals surface area contributed by atoms with E-state index in [0.717, 1.165) is 46.7 Å². The molecule has 0 radical (unpaired) electrons. The van der Waals surface area contributed by atoms with E-state index in [1.54, 1.807) is 18.3 Å². The molecule has 3 aromatic carbocycles. The van der Waals surface area contributed by atoms with E-state index in [1.165, 1.54) is 0 Å². The molecule has 0 aliphatic carbocycles. The first-order valence-corrected chi connectivity index (χ1v) is 13.6. The lowest BCUT2D eigenvalue weighted by molar-refractivity contribution is 0.212. The Morgan fingerprint density at radius 2 is 1.68 bits per heavy atom. The maximum absolute atomic E-state index is 13.0. The van der Waals surface area contributed by atoms with Gasteiger partial charge in [0.1, 0.15) is 11.6 Å². The molecule has 2 N–H and O–H groups in total. The molecule has 0 aliphatic rings. The molecule has 1 amide bonds. The molecular formula is C32H37N5O4. The maximum Gasteiger partial charge on any atom is 0.418 e. The summed E-state index contributed by atoms with van der Waals surface area (Å²) in [6, 6.07) is 20.8. The van der Waals surface area contributed by atoms with E-state index in [9.17, 15) is 4.79 Å². The Labute approximate surface area is 241 Å². The Bertz CT molecular complexity index is 1460. The fourth-order valence-electron chi connectivity index (χ4n) is 4.19. The molecule has 9 heteroatoms. The number of aromatic nitrogens is 2. The molecule has 41 heavy (non-hydrogen) atoms. The minimum atomic E-state index is -0.691. The van der Waals surface area contributed by atoms with E-state index in [-0.39, 0.29) is 5.82 Å². The Hall–Kier alpha value is -4.63. The second-order valence-electron chi connectivity index (χ2n) is 9.75. The number of rotatable bonds is 12. The van der Waals surface area contributed by atoms with Crippen LogP contribution in [0.2, 0.25) is 0 Å². The molecule has 0 bridgehead atoms. The van der Waals surface area contributed by atoms with Gasteiger partial charge in [0.15, 0.2) is 11.5 Å². The lowest BCUT2D eigenvalue weighted by atomic mass is 9.96. The number of benzene rings is 3. The van der Waals surface area contributed by atoms with Gasteiger partial charge in [0.05, 0.1) is 13.2 Å².